The molecule has 1 atom stereocenters. The number of likely N-dealkylation sites (tertiary alicyclic amines) is 1. The number of hydrogen-bond donors (Lipinski definition) is 0. The van der Waals surface area contributed by atoms with E-state index in [1.807, 2.05) is 0 Å². The van der Waals surface area contributed by atoms with Crippen LogP contribution in [0.25, 0.3) is 0 Å². The van der Waals surface area contributed by atoms with E-state index in [2.05, 4.69) is 4.74 Å². The SMILES string of the molecule is COC(=O)[C@@H]1CCCN1C/C=C/S(F)(F)(F)(F)F. The van der Waals surface area contributed by atoms with Crippen LogP contribution in [0, 0.1) is 0 Å². The quantitative estimate of drug-likeness (QED) is 0.588. The van der Waals surface area contributed by atoms with E-state index in [0.29, 0.717) is 25.5 Å². The molecule has 0 amide bonds. The Morgan fingerprint density at radius 1 is 1.39 bits per heavy atom. The molecule has 0 aromatic rings. The highest BCUT2D eigenvalue weighted by atomic mass is 32.5. The summed E-state index contributed by atoms with van der Waals surface area (Å²) in [4.78, 5) is 12.6. The minimum absolute atomic E-state index is 0.350. The topological polar surface area (TPSA) is 29.5 Å². The molecule has 1 aliphatic heterocycles. The second kappa shape index (κ2) is 4.09. The van der Waals surface area contributed by atoms with Crippen LogP contribution in [-0.4, -0.2) is 37.1 Å². The second-order valence-electron chi connectivity index (χ2n) is 4.08. The van der Waals surface area contributed by atoms with Crippen LogP contribution >= 0.6 is 10.2 Å². The Labute approximate surface area is 101 Å². The number of halogens is 5. The molecule has 0 aromatic heterocycles. The van der Waals surface area contributed by atoms with Crippen molar-refractivity contribution in [1.82, 2.24) is 4.90 Å². The number of hydrogen-bond acceptors (Lipinski definition) is 3. The van der Waals surface area contributed by atoms with Crippen LogP contribution in [-0.2, 0) is 9.53 Å². The fourth-order valence-corrected chi connectivity index (χ4v) is 2.26. The summed E-state index contributed by atoms with van der Waals surface area (Å²) in [5.74, 6) is -0.562. The predicted molar refractivity (Wildman–Crippen MR) is 58.9 cm³/mol. The number of nitrogens with zero attached hydrogens (tertiary/aromatic N) is 1. The summed E-state index contributed by atoms with van der Waals surface area (Å²) >= 11 is 0. The molecule has 18 heavy (non-hydrogen) atoms. The molecule has 0 saturated carbocycles. The van der Waals surface area contributed by atoms with Crippen molar-refractivity contribution >= 4 is 16.2 Å². The van der Waals surface area contributed by atoms with E-state index in [1.165, 1.54) is 12.0 Å². The molecule has 1 rings (SSSR count). The van der Waals surface area contributed by atoms with E-state index in [9.17, 15) is 24.2 Å². The second-order valence-corrected chi connectivity index (χ2v) is 6.41. The maximum Gasteiger partial charge on any atom is 0.323 e. The Morgan fingerprint density at radius 3 is 2.50 bits per heavy atom. The molecule has 9 heteroatoms. The third-order valence-corrected chi connectivity index (χ3v) is 3.24. The van der Waals surface area contributed by atoms with Crippen molar-refractivity contribution in [3.8, 4) is 0 Å². The molecular formula is C9H14F5NO2S. The minimum Gasteiger partial charge on any atom is -0.468 e. The smallest absolute Gasteiger partial charge is 0.323 e. The van der Waals surface area contributed by atoms with Crippen molar-refractivity contribution in [2.75, 3.05) is 20.2 Å². The zero-order chi connectivity index (χ0) is 14.1. The first-order chi connectivity index (χ1) is 7.91. The van der Waals surface area contributed by atoms with Gasteiger partial charge in [-0.3, -0.25) is 9.69 Å². The maximum absolute atomic E-state index is 12.0. The van der Waals surface area contributed by atoms with Crippen molar-refractivity contribution in [2.24, 2.45) is 0 Å². The predicted octanol–water partition coefficient (Wildman–Crippen LogP) is 3.44. The van der Waals surface area contributed by atoms with Gasteiger partial charge in [0.15, 0.2) is 0 Å². The van der Waals surface area contributed by atoms with E-state index in [1.54, 1.807) is 0 Å². The Hall–Kier alpha value is -0.830. The highest BCUT2D eigenvalue weighted by Crippen LogP contribution is 2.98. The van der Waals surface area contributed by atoms with E-state index < -0.39 is 27.6 Å². The summed E-state index contributed by atoms with van der Waals surface area (Å²) < 4.78 is 64.6. The number of ether oxygens (including phenoxy) is 1. The first-order valence-corrected chi connectivity index (χ1v) is 7.17. The molecule has 0 bridgehead atoms. The summed E-state index contributed by atoms with van der Waals surface area (Å²) in [5.41, 5.74) is 0. The lowest BCUT2D eigenvalue weighted by molar-refractivity contribution is -0.145. The molecule has 0 N–H and O–H groups in total. The Bertz CT molecular complexity index is 366. The van der Waals surface area contributed by atoms with Gasteiger partial charge in [-0.15, -0.1) is 0 Å². The summed E-state index contributed by atoms with van der Waals surface area (Å²) in [6.07, 6.45) is 1.42. The number of methoxy groups -OCH3 is 1. The highest BCUT2D eigenvalue weighted by Gasteiger charge is 2.60. The van der Waals surface area contributed by atoms with Crippen LogP contribution in [0.15, 0.2) is 11.5 Å². The summed E-state index contributed by atoms with van der Waals surface area (Å²) in [5, 5.41) is -0.980. The average Bonchev–Trinajstić information content (AvgIpc) is 2.61. The summed E-state index contributed by atoms with van der Waals surface area (Å²) in [6, 6.07) is -0.654. The zero-order valence-electron chi connectivity index (χ0n) is 9.62. The van der Waals surface area contributed by atoms with Crippen LogP contribution in [0.5, 0.6) is 0 Å². The number of carbonyl (C=O) groups excluding carboxylic acids is 1. The van der Waals surface area contributed by atoms with Gasteiger partial charge in [0.1, 0.15) is 6.04 Å². The number of carbonyl (C=O) groups is 1. The molecule has 0 radical (unpaired) electrons. The lowest BCUT2D eigenvalue weighted by atomic mass is 10.2. The van der Waals surface area contributed by atoms with Gasteiger partial charge < -0.3 is 4.74 Å². The fourth-order valence-electron chi connectivity index (χ4n) is 1.81. The Balaban J connectivity index is 2.65. The van der Waals surface area contributed by atoms with Crippen molar-refractivity contribution < 1.29 is 29.0 Å². The monoisotopic (exact) mass is 295 g/mol. The number of esters is 1. The normalized spacial score (nSPS) is 26.0. The van der Waals surface area contributed by atoms with Crippen molar-refractivity contribution in [2.45, 2.75) is 18.9 Å². The van der Waals surface area contributed by atoms with Crippen LogP contribution in [0.3, 0.4) is 0 Å². The van der Waals surface area contributed by atoms with Gasteiger partial charge in [-0.1, -0.05) is 25.5 Å². The van der Waals surface area contributed by atoms with E-state index in [-0.39, 0.29) is 6.54 Å². The van der Waals surface area contributed by atoms with Gasteiger partial charge in [0.2, 0.25) is 0 Å². The lowest BCUT2D eigenvalue weighted by Crippen LogP contribution is -2.36. The van der Waals surface area contributed by atoms with E-state index >= 15 is 0 Å². The molecule has 0 unspecified atom stereocenters. The van der Waals surface area contributed by atoms with E-state index in [4.69, 9.17) is 0 Å². The van der Waals surface area contributed by atoms with Crippen molar-refractivity contribution in [3.63, 3.8) is 0 Å². The van der Waals surface area contributed by atoms with Crippen LogP contribution in [0.1, 0.15) is 12.8 Å². The lowest BCUT2D eigenvalue weighted by Gasteiger charge is -2.37. The number of rotatable bonds is 4. The molecule has 1 saturated heterocycles. The van der Waals surface area contributed by atoms with Gasteiger partial charge >= 0.3 is 16.2 Å². The van der Waals surface area contributed by atoms with Crippen molar-refractivity contribution in [1.29, 1.82) is 0 Å². The minimum atomic E-state index is -9.50. The van der Waals surface area contributed by atoms with Crippen LogP contribution in [0.4, 0.5) is 19.4 Å². The molecule has 3 nitrogen and oxygen atoms in total. The van der Waals surface area contributed by atoms with Gasteiger partial charge in [-0.05, 0) is 19.4 Å². The molecule has 1 heterocycles. The summed E-state index contributed by atoms with van der Waals surface area (Å²) in [6.45, 7) is 0.0236. The third-order valence-electron chi connectivity index (χ3n) is 2.53. The first-order valence-electron chi connectivity index (χ1n) is 5.15. The molecular weight excluding hydrogens is 281 g/mol. The van der Waals surface area contributed by atoms with Gasteiger partial charge in [-0.25, -0.2) is 0 Å². The molecule has 0 aliphatic carbocycles. The zero-order valence-corrected chi connectivity index (χ0v) is 10.4. The first kappa shape index (κ1) is 15.2. The van der Waals surface area contributed by atoms with E-state index in [0.717, 1.165) is 0 Å². The third kappa shape index (κ3) is 5.21. The molecule has 1 aliphatic rings. The van der Waals surface area contributed by atoms with Gasteiger partial charge in [0.05, 0.1) is 12.5 Å². The fraction of sp³-hybridized carbons (Fsp3) is 0.667. The summed E-state index contributed by atoms with van der Waals surface area (Å²) in [7, 11) is -8.33. The van der Waals surface area contributed by atoms with Gasteiger partial charge in [0, 0.05) is 6.54 Å². The largest absolute Gasteiger partial charge is 0.468 e. The average molecular weight is 295 g/mol. The molecule has 108 valence electrons. The highest BCUT2D eigenvalue weighted by molar-refractivity contribution is 8.48. The Kier molecular flexibility index (Phi) is 3.46. The Morgan fingerprint density at radius 2 is 2.00 bits per heavy atom. The standard InChI is InChI=1S/C9H14F5NO2S/c1-17-9(16)8-4-2-5-15(8)6-3-7-18(10,11,12,13)14/h3,7-8H,2,4-6H2,1H3/b7-3+/t8-/m0/s1. The van der Waals surface area contributed by atoms with Crippen LogP contribution in [0.2, 0.25) is 0 Å². The van der Waals surface area contributed by atoms with Crippen molar-refractivity contribution in [3.05, 3.63) is 11.5 Å². The van der Waals surface area contributed by atoms with Gasteiger partial charge in [0.25, 0.3) is 0 Å². The molecule has 0 aromatic carbocycles. The maximum atomic E-state index is 12.0. The van der Waals surface area contributed by atoms with Gasteiger partial charge in [-0.2, -0.15) is 0 Å². The molecule has 1 fully saturated rings. The van der Waals surface area contributed by atoms with Crippen LogP contribution < -0.4 is 0 Å². The molecule has 0 spiro atoms.